The second-order valence-corrected chi connectivity index (χ2v) is 2.11. The molecule has 1 amide bonds. The third kappa shape index (κ3) is 4.13. The standard InChI is InChI=1S/C7H11NO3/c1-5(2)7(10)11-6(3)8-4-9/h4,6H,1H2,2-3H3,(H,8,9). The van der Waals surface area contributed by atoms with Gasteiger partial charge in [-0.25, -0.2) is 4.79 Å². The van der Waals surface area contributed by atoms with Gasteiger partial charge >= 0.3 is 5.97 Å². The second-order valence-electron chi connectivity index (χ2n) is 2.11. The lowest BCUT2D eigenvalue weighted by Crippen LogP contribution is -2.29. The molecule has 11 heavy (non-hydrogen) atoms. The number of hydrogen-bond donors (Lipinski definition) is 1. The highest BCUT2D eigenvalue weighted by molar-refractivity contribution is 5.87. The lowest BCUT2D eigenvalue weighted by molar-refractivity contribution is -0.145. The molecule has 0 saturated heterocycles. The summed E-state index contributed by atoms with van der Waals surface area (Å²) in [7, 11) is 0. The van der Waals surface area contributed by atoms with Crippen molar-refractivity contribution in [1.29, 1.82) is 0 Å². The van der Waals surface area contributed by atoms with Gasteiger partial charge in [-0.1, -0.05) is 6.58 Å². The van der Waals surface area contributed by atoms with Crippen LogP contribution in [0.1, 0.15) is 13.8 Å². The average Bonchev–Trinajstić information content (AvgIpc) is 1.87. The molecule has 0 rings (SSSR count). The van der Waals surface area contributed by atoms with Gasteiger partial charge in [-0.15, -0.1) is 0 Å². The Morgan fingerprint density at radius 1 is 1.73 bits per heavy atom. The van der Waals surface area contributed by atoms with Crippen LogP contribution in [0.25, 0.3) is 0 Å². The van der Waals surface area contributed by atoms with Crippen LogP contribution >= 0.6 is 0 Å². The molecule has 4 heteroatoms. The third-order valence-electron chi connectivity index (χ3n) is 0.935. The first-order valence-electron chi connectivity index (χ1n) is 3.14. The Morgan fingerprint density at radius 3 is 2.64 bits per heavy atom. The van der Waals surface area contributed by atoms with E-state index in [1.807, 2.05) is 0 Å². The van der Waals surface area contributed by atoms with Crippen molar-refractivity contribution >= 4 is 12.4 Å². The first kappa shape index (κ1) is 9.68. The minimum absolute atomic E-state index is 0.310. The molecule has 1 atom stereocenters. The molecule has 0 aromatic heterocycles. The van der Waals surface area contributed by atoms with Gasteiger partial charge in [-0.05, 0) is 13.8 Å². The maximum atomic E-state index is 10.8. The smallest absolute Gasteiger partial charge is 0.335 e. The van der Waals surface area contributed by atoms with E-state index in [-0.39, 0.29) is 0 Å². The molecule has 0 aliphatic heterocycles. The van der Waals surface area contributed by atoms with Crippen LogP contribution in [-0.4, -0.2) is 18.6 Å². The lowest BCUT2D eigenvalue weighted by atomic mass is 10.4. The summed E-state index contributed by atoms with van der Waals surface area (Å²) in [6.07, 6.45) is -0.132. The van der Waals surface area contributed by atoms with E-state index in [9.17, 15) is 9.59 Å². The fourth-order valence-electron chi connectivity index (χ4n) is 0.391. The van der Waals surface area contributed by atoms with Crippen molar-refractivity contribution in [1.82, 2.24) is 5.32 Å². The van der Waals surface area contributed by atoms with Gasteiger partial charge in [0, 0.05) is 5.57 Å². The topological polar surface area (TPSA) is 55.4 Å². The van der Waals surface area contributed by atoms with Crippen LogP contribution in [0.2, 0.25) is 0 Å². The Hall–Kier alpha value is -1.32. The summed E-state index contributed by atoms with van der Waals surface area (Å²) in [5.74, 6) is -0.508. The molecule has 1 N–H and O–H groups in total. The molecule has 0 radical (unpaired) electrons. The summed E-state index contributed by atoms with van der Waals surface area (Å²) in [5, 5.41) is 2.27. The van der Waals surface area contributed by atoms with Crippen LogP contribution in [-0.2, 0) is 14.3 Å². The minimum atomic E-state index is -0.600. The summed E-state index contributed by atoms with van der Waals surface area (Å²) < 4.78 is 4.67. The molecular formula is C7H11NO3. The van der Waals surface area contributed by atoms with E-state index >= 15 is 0 Å². The molecule has 4 nitrogen and oxygen atoms in total. The van der Waals surface area contributed by atoms with Gasteiger partial charge in [0.2, 0.25) is 6.41 Å². The van der Waals surface area contributed by atoms with Crippen LogP contribution < -0.4 is 5.32 Å². The largest absolute Gasteiger partial charge is 0.439 e. The molecule has 0 aliphatic rings. The van der Waals surface area contributed by atoms with Gasteiger partial charge in [0.25, 0.3) is 0 Å². The number of carbonyl (C=O) groups is 2. The fraction of sp³-hybridized carbons (Fsp3) is 0.429. The van der Waals surface area contributed by atoms with E-state index in [0.29, 0.717) is 12.0 Å². The van der Waals surface area contributed by atoms with Gasteiger partial charge in [0.1, 0.15) is 0 Å². The number of esters is 1. The van der Waals surface area contributed by atoms with Crippen LogP contribution in [0.3, 0.4) is 0 Å². The number of carbonyl (C=O) groups excluding carboxylic acids is 2. The third-order valence-corrected chi connectivity index (χ3v) is 0.935. The van der Waals surface area contributed by atoms with Crippen LogP contribution in [0.5, 0.6) is 0 Å². The minimum Gasteiger partial charge on any atom is -0.439 e. The highest BCUT2D eigenvalue weighted by Gasteiger charge is 2.07. The quantitative estimate of drug-likeness (QED) is 0.274. The molecule has 0 aromatic carbocycles. The zero-order valence-corrected chi connectivity index (χ0v) is 6.59. The van der Waals surface area contributed by atoms with Crippen LogP contribution in [0.15, 0.2) is 12.2 Å². The molecule has 0 heterocycles. The zero-order chi connectivity index (χ0) is 8.85. The van der Waals surface area contributed by atoms with Crippen molar-refractivity contribution in [3.8, 4) is 0 Å². The van der Waals surface area contributed by atoms with Crippen molar-refractivity contribution < 1.29 is 14.3 Å². The van der Waals surface area contributed by atoms with Gasteiger partial charge in [0.15, 0.2) is 6.23 Å². The van der Waals surface area contributed by atoms with E-state index in [2.05, 4.69) is 16.6 Å². The van der Waals surface area contributed by atoms with E-state index in [0.717, 1.165) is 0 Å². The average molecular weight is 157 g/mol. The highest BCUT2D eigenvalue weighted by atomic mass is 16.6. The summed E-state index contributed by atoms with van der Waals surface area (Å²) in [6.45, 7) is 6.47. The predicted octanol–water partition coefficient (Wildman–Crippen LogP) is 0.198. The van der Waals surface area contributed by atoms with Crippen molar-refractivity contribution in [2.24, 2.45) is 0 Å². The van der Waals surface area contributed by atoms with Crippen LogP contribution in [0.4, 0.5) is 0 Å². The van der Waals surface area contributed by atoms with Gasteiger partial charge in [0.05, 0.1) is 0 Å². The maximum absolute atomic E-state index is 10.8. The summed E-state index contributed by atoms with van der Waals surface area (Å²) in [5.41, 5.74) is 0.310. The molecule has 0 bridgehead atoms. The lowest BCUT2D eigenvalue weighted by Gasteiger charge is -2.10. The molecular weight excluding hydrogens is 146 g/mol. The normalized spacial score (nSPS) is 11.5. The molecule has 0 fully saturated rings. The Bertz CT molecular complexity index is 177. The number of ether oxygens (including phenoxy) is 1. The van der Waals surface area contributed by atoms with E-state index in [4.69, 9.17) is 0 Å². The zero-order valence-electron chi connectivity index (χ0n) is 6.59. The van der Waals surface area contributed by atoms with E-state index in [1.165, 1.54) is 6.92 Å². The first-order chi connectivity index (χ1) is 5.07. The van der Waals surface area contributed by atoms with Gasteiger partial charge < -0.3 is 10.1 Å². The molecule has 1 unspecified atom stereocenters. The van der Waals surface area contributed by atoms with Crippen molar-refractivity contribution in [3.05, 3.63) is 12.2 Å². The van der Waals surface area contributed by atoms with Crippen molar-refractivity contribution in [3.63, 3.8) is 0 Å². The monoisotopic (exact) mass is 157 g/mol. The van der Waals surface area contributed by atoms with E-state index in [1.54, 1.807) is 6.92 Å². The summed E-state index contributed by atoms with van der Waals surface area (Å²) in [4.78, 5) is 20.6. The van der Waals surface area contributed by atoms with E-state index < -0.39 is 12.2 Å². The number of nitrogens with one attached hydrogen (secondary N) is 1. The highest BCUT2D eigenvalue weighted by Crippen LogP contribution is 1.94. The SMILES string of the molecule is C=C(C)C(=O)OC(C)NC=O. The molecule has 0 aromatic rings. The molecule has 0 aliphatic carbocycles. The Labute approximate surface area is 65.2 Å². The molecule has 0 spiro atoms. The second kappa shape index (κ2) is 4.49. The van der Waals surface area contributed by atoms with Crippen molar-refractivity contribution in [2.45, 2.75) is 20.1 Å². The summed E-state index contributed by atoms with van der Waals surface area (Å²) in [6, 6.07) is 0. The fourth-order valence-corrected chi connectivity index (χ4v) is 0.391. The van der Waals surface area contributed by atoms with Gasteiger partial charge in [-0.3, -0.25) is 4.79 Å². The first-order valence-corrected chi connectivity index (χ1v) is 3.14. The Morgan fingerprint density at radius 2 is 2.27 bits per heavy atom. The number of rotatable bonds is 4. The number of hydrogen-bond acceptors (Lipinski definition) is 3. The molecule has 0 saturated carbocycles. The van der Waals surface area contributed by atoms with Gasteiger partial charge in [-0.2, -0.15) is 0 Å². The number of amides is 1. The van der Waals surface area contributed by atoms with Crippen LogP contribution in [0, 0.1) is 0 Å². The predicted molar refractivity (Wildman–Crippen MR) is 39.6 cm³/mol. The Balaban J connectivity index is 3.74. The maximum Gasteiger partial charge on any atom is 0.335 e. The summed E-state index contributed by atoms with van der Waals surface area (Å²) >= 11 is 0. The Kier molecular flexibility index (Phi) is 3.95. The van der Waals surface area contributed by atoms with Crippen molar-refractivity contribution in [2.75, 3.05) is 0 Å². The molecule has 62 valence electrons.